The number of aromatic nitrogens is 1. The first-order chi connectivity index (χ1) is 11.6. The smallest absolute Gasteiger partial charge is 0.130 e. The summed E-state index contributed by atoms with van der Waals surface area (Å²) in [6, 6.07) is 10.3. The molecule has 2 aromatic rings. The molecule has 4 N–H and O–H groups in total. The highest BCUT2D eigenvalue weighted by Gasteiger charge is 2.43. The van der Waals surface area contributed by atoms with Gasteiger partial charge < -0.3 is 29.9 Å². The minimum absolute atomic E-state index is 0.464. The van der Waals surface area contributed by atoms with Crippen LogP contribution in [0, 0.1) is 0 Å². The van der Waals surface area contributed by atoms with Crippen LogP contribution in [0.3, 0.4) is 0 Å². The average Bonchev–Trinajstić information content (AvgIpc) is 2.61. The van der Waals surface area contributed by atoms with E-state index >= 15 is 0 Å². The predicted octanol–water partition coefficient (Wildman–Crippen LogP) is 0.389. The van der Waals surface area contributed by atoms with Crippen molar-refractivity contribution in [3.05, 3.63) is 54.4 Å². The van der Waals surface area contributed by atoms with Gasteiger partial charge in [-0.2, -0.15) is 0 Å². The number of pyridine rings is 1. The van der Waals surface area contributed by atoms with E-state index in [1.54, 1.807) is 48.8 Å². The van der Waals surface area contributed by atoms with Gasteiger partial charge in [0, 0.05) is 12.4 Å². The summed E-state index contributed by atoms with van der Waals surface area (Å²) in [7, 11) is 0. The third-order valence-electron chi connectivity index (χ3n) is 3.96. The van der Waals surface area contributed by atoms with Gasteiger partial charge in [-0.15, -0.1) is 0 Å². The number of rotatable bonds is 4. The van der Waals surface area contributed by atoms with E-state index in [0.717, 1.165) is 0 Å². The maximum atomic E-state index is 10.2. The fourth-order valence-corrected chi connectivity index (χ4v) is 2.67. The summed E-state index contributed by atoms with van der Waals surface area (Å²) >= 11 is 0. The Morgan fingerprint density at radius 1 is 0.958 bits per heavy atom. The van der Waals surface area contributed by atoms with Crippen LogP contribution in [0.25, 0.3) is 0 Å². The molecule has 1 aromatic carbocycles. The van der Waals surface area contributed by atoms with Crippen LogP contribution in [0.2, 0.25) is 0 Å². The molecule has 1 aliphatic rings. The lowest BCUT2D eigenvalue weighted by Crippen LogP contribution is -2.55. The van der Waals surface area contributed by atoms with E-state index in [1.165, 1.54) is 0 Å². The lowest BCUT2D eigenvalue weighted by Gasteiger charge is -2.40. The first-order valence-electron chi connectivity index (χ1n) is 7.58. The zero-order valence-electron chi connectivity index (χ0n) is 12.8. The fourth-order valence-electron chi connectivity index (χ4n) is 2.67. The molecular formula is C17H19NO6. The molecule has 0 spiro atoms. The number of ether oxygens (including phenoxy) is 2. The summed E-state index contributed by atoms with van der Waals surface area (Å²) in [5.41, 5.74) is 0.568. The van der Waals surface area contributed by atoms with Gasteiger partial charge in [0.15, 0.2) is 0 Å². The first-order valence-corrected chi connectivity index (χ1v) is 7.58. The third-order valence-corrected chi connectivity index (χ3v) is 3.96. The minimum atomic E-state index is -1.41. The van der Waals surface area contributed by atoms with Gasteiger partial charge in [0.1, 0.15) is 42.0 Å². The van der Waals surface area contributed by atoms with Crippen molar-refractivity contribution in [3.63, 3.8) is 0 Å². The Balaban J connectivity index is 1.82. The Morgan fingerprint density at radius 2 is 1.71 bits per heavy atom. The Hall–Kier alpha value is -2.03. The van der Waals surface area contributed by atoms with E-state index in [1.807, 2.05) is 0 Å². The Labute approximate surface area is 138 Å². The van der Waals surface area contributed by atoms with Gasteiger partial charge in [0.2, 0.25) is 0 Å². The third kappa shape index (κ3) is 3.40. The quantitative estimate of drug-likeness (QED) is 0.640. The highest BCUT2D eigenvalue weighted by Crippen LogP contribution is 2.34. The maximum Gasteiger partial charge on any atom is 0.130 e. The van der Waals surface area contributed by atoms with Crippen molar-refractivity contribution in [2.24, 2.45) is 0 Å². The van der Waals surface area contributed by atoms with Gasteiger partial charge in [-0.25, -0.2) is 0 Å². The largest absolute Gasteiger partial charge is 0.457 e. The number of benzene rings is 1. The Kier molecular flexibility index (Phi) is 5.08. The molecule has 7 nitrogen and oxygen atoms in total. The maximum absolute atomic E-state index is 10.2. The summed E-state index contributed by atoms with van der Waals surface area (Å²) in [6.45, 7) is -0.464. The van der Waals surface area contributed by atoms with Crippen LogP contribution in [0.1, 0.15) is 11.7 Å². The van der Waals surface area contributed by atoms with E-state index in [4.69, 9.17) is 9.47 Å². The summed E-state index contributed by atoms with van der Waals surface area (Å²) in [5, 5.41) is 39.2. The van der Waals surface area contributed by atoms with Crippen molar-refractivity contribution >= 4 is 0 Å². The standard InChI is InChI=1S/C17H19NO6/c19-9-13-14(20)15(21)16(22)17(24-13)10-2-1-3-12(8-10)23-11-4-6-18-7-5-11/h1-8,13-17,19-22H,9H2. The van der Waals surface area contributed by atoms with Gasteiger partial charge in [-0.1, -0.05) is 12.1 Å². The number of aliphatic hydroxyl groups excluding tert-OH is 4. The molecule has 1 fully saturated rings. The van der Waals surface area contributed by atoms with E-state index < -0.39 is 37.1 Å². The summed E-state index contributed by atoms with van der Waals surface area (Å²) in [6.07, 6.45) is -2.73. The van der Waals surface area contributed by atoms with Crippen molar-refractivity contribution < 1.29 is 29.9 Å². The molecule has 0 saturated carbocycles. The summed E-state index contributed by atoms with van der Waals surface area (Å²) in [4.78, 5) is 3.91. The summed E-state index contributed by atoms with van der Waals surface area (Å²) < 4.78 is 11.3. The molecule has 3 rings (SSSR count). The topological polar surface area (TPSA) is 112 Å². The SMILES string of the molecule is OCC1OC(c2cccc(Oc3ccncc3)c2)C(O)C(O)C1O. The molecule has 5 unspecified atom stereocenters. The molecule has 128 valence electrons. The molecular weight excluding hydrogens is 314 g/mol. The lowest BCUT2D eigenvalue weighted by molar-refractivity contribution is -0.231. The highest BCUT2D eigenvalue weighted by atomic mass is 16.5. The van der Waals surface area contributed by atoms with Crippen molar-refractivity contribution in [2.45, 2.75) is 30.5 Å². The van der Waals surface area contributed by atoms with Gasteiger partial charge in [0.05, 0.1) is 6.61 Å². The van der Waals surface area contributed by atoms with Gasteiger partial charge >= 0.3 is 0 Å². The minimum Gasteiger partial charge on any atom is -0.457 e. The molecule has 0 radical (unpaired) electrons. The van der Waals surface area contributed by atoms with Crippen LogP contribution in [-0.4, -0.2) is 56.4 Å². The van der Waals surface area contributed by atoms with Crippen molar-refractivity contribution in [1.29, 1.82) is 0 Å². The molecule has 1 aromatic heterocycles. The zero-order chi connectivity index (χ0) is 17.1. The molecule has 0 bridgehead atoms. The first kappa shape index (κ1) is 16.8. The van der Waals surface area contributed by atoms with Gasteiger partial charge in [0.25, 0.3) is 0 Å². The molecule has 1 saturated heterocycles. The van der Waals surface area contributed by atoms with Crippen LogP contribution in [0.5, 0.6) is 11.5 Å². The van der Waals surface area contributed by atoms with Crippen LogP contribution in [0.15, 0.2) is 48.8 Å². The molecule has 1 aliphatic heterocycles. The highest BCUT2D eigenvalue weighted by molar-refractivity contribution is 5.34. The second kappa shape index (κ2) is 7.25. The van der Waals surface area contributed by atoms with Crippen molar-refractivity contribution in [3.8, 4) is 11.5 Å². The Bertz CT molecular complexity index is 665. The van der Waals surface area contributed by atoms with E-state index in [9.17, 15) is 20.4 Å². The number of hydrogen-bond donors (Lipinski definition) is 4. The molecule has 7 heteroatoms. The molecule has 2 heterocycles. The van der Waals surface area contributed by atoms with Gasteiger partial charge in [-0.05, 0) is 29.8 Å². The van der Waals surface area contributed by atoms with Crippen LogP contribution < -0.4 is 4.74 Å². The fraction of sp³-hybridized carbons (Fsp3) is 0.353. The number of aliphatic hydroxyl groups is 4. The Morgan fingerprint density at radius 3 is 2.42 bits per heavy atom. The molecule has 5 atom stereocenters. The van der Waals surface area contributed by atoms with E-state index in [-0.39, 0.29) is 0 Å². The molecule has 24 heavy (non-hydrogen) atoms. The average molecular weight is 333 g/mol. The van der Waals surface area contributed by atoms with Crippen molar-refractivity contribution in [2.75, 3.05) is 6.61 Å². The van der Waals surface area contributed by atoms with E-state index in [0.29, 0.717) is 17.1 Å². The van der Waals surface area contributed by atoms with E-state index in [2.05, 4.69) is 4.98 Å². The van der Waals surface area contributed by atoms with Crippen LogP contribution >= 0.6 is 0 Å². The predicted molar refractivity (Wildman–Crippen MR) is 83.5 cm³/mol. The van der Waals surface area contributed by atoms with Crippen LogP contribution in [-0.2, 0) is 4.74 Å². The lowest BCUT2D eigenvalue weighted by atomic mass is 9.91. The second-order valence-electron chi connectivity index (χ2n) is 5.61. The second-order valence-corrected chi connectivity index (χ2v) is 5.61. The summed E-state index contributed by atoms with van der Waals surface area (Å²) in [5.74, 6) is 1.13. The van der Waals surface area contributed by atoms with Gasteiger partial charge in [-0.3, -0.25) is 4.98 Å². The monoisotopic (exact) mass is 333 g/mol. The van der Waals surface area contributed by atoms with Crippen molar-refractivity contribution in [1.82, 2.24) is 4.98 Å². The normalized spacial score (nSPS) is 30.1. The molecule has 0 amide bonds. The zero-order valence-corrected chi connectivity index (χ0v) is 12.8. The van der Waals surface area contributed by atoms with Crippen LogP contribution in [0.4, 0.5) is 0 Å². The number of hydrogen-bond acceptors (Lipinski definition) is 7. The molecule has 0 aliphatic carbocycles. The number of nitrogens with zero attached hydrogens (tertiary/aromatic N) is 1.